The van der Waals surface area contributed by atoms with Gasteiger partial charge in [0.1, 0.15) is 6.54 Å². The van der Waals surface area contributed by atoms with Crippen molar-refractivity contribution in [3.05, 3.63) is 24.3 Å². The van der Waals surface area contributed by atoms with Crippen LogP contribution in [0.2, 0.25) is 0 Å². The van der Waals surface area contributed by atoms with E-state index in [0.717, 1.165) is 0 Å². The lowest BCUT2D eigenvalue weighted by atomic mass is 10.3. The van der Waals surface area contributed by atoms with E-state index in [9.17, 15) is 18.0 Å². The van der Waals surface area contributed by atoms with Gasteiger partial charge in [0.25, 0.3) is 0 Å². The van der Waals surface area contributed by atoms with Crippen molar-refractivity contribution in [2.24, 2.45) is 0 Å². The number of nitrogens with one attached hydrogen (secondary N) is 1. The van der Waals surface area contributed by atoms with Crippen LogP contribution < -0.4 is 11.1 Å². The number of rotatable bonds is 4. The van der Waals surface area contributed by atoms with Crippen LogP contribution in [-0.4, -0.2) is 41.9 Å². The molecule has 0 unspecified atom stereocenters. The van der Waals surface area contributed by atoms with Gasteiger partial charge in [-0.3, -0.25) is 0 Å². The van der Waals surface area contributed by atoms with E-state index in [4.69, 9.17) is 10.8 Å². The monoisotopic (exact) mass is 277 g/mol. The Kier molecular flexibility index (Phi) is 4.99. The number of amides is 2. The predicted octanol–water partition coefficient (Wildman–Crippen LogP) is 1.66. The summed E-state index contributed by atoms with van der Waals surface area (Å²) in [5.41, 5.74) is 6.24. The molecule has 0 bridgehead atoms. The number of alkyl halides is 3. The van der Waals surface area contributed by atoms with Gasteiger partial charge in [0, 0.05) is 17.9 Å². The molecular weight excluding hydrogens is 263 g/mol. The highest BCUT2D eigenvalue weighted by molar-refractivity contribution is 5.89. The fraction of sp³-hybridized carbons (Fsp3) is 0.364. The third-order valence-electron chi connectivity index (χ3n) is 2.19. The molecule has 2 amide bonds. The molecule has 5 nitrogen and oxygen atoms in total. The average molecular weight is 277 g/mol. The Hall–Kier alpha value is -1.96. The van der Waals surface area contributed by atoms with Gasteiger partial charge < -0.3 is 21.1 Å². The van der Waals surface area contributed by atoms with Crippen LogP contribution >= 0.6 is 0 Å². The number of halogens is 3. The molecular formula is C11H14F3N3O2. The number of benzene rings is 1. The predicted molar refractivity (Wildman–Crippen MR) is 64.6 cm³/mol. The molecule has 0 saturated carbocycles. The zero-order valence-electron chi connectivity index (χ0n) is 9.94. The summed E-state index contributed by atoms with van der Waals surface area (Å²) in [5, 5.41) is 11.0. The van der Waals surface area contributed by atoms with Crippen LogP contribution in [0.25, 0.3) is 0 Å². The third-order valence-corrected chi connectivity index (χ3v) is 2.19. The Morgan fingerprint density at radius 3 is 2.37 bits per heavy atom. The highest BCUT2D eigenvalue weighted by Crippen LogP contribution is 2.17. The first-order valence-electron chi connectivity index (χ1n) is 5.41. The molecule has 8 heteroatoms. The number of nitrogens with two attached hydrogens (primary N) is 1. The van der Waals surface area contributed by atoms with Crippen LogP contribution in [0, 0.1) is 0 Å². The maximum Gasteiger partial charge on any atom is 0.406 e. The first-order chi connectivity index (χ1) is 8.81. The number of aliphatic hydroxyl groups excluding tert-OH is 1. The van der Waals surface area contributed by atoms with E-state index in [1.54, 1.807) is 0 Å². The summed E-state index contributed by atoms with van der Waals surface area (Å²) in [6.07, 6.45) is -4.52. The van der Waals surface area contributed by atoms with Crippen molar-refractivity contribution in [2.45, 2.75) is 6.18 Å². The lowest BCUT2D eigenvalue weighted by Gasteiger charge is -2.23. The molecule has 0 fully saturated rings. The van der Waals surface area contributed by atoms with Crippen LogP contribution in [0.15, 0.2) is 24.3 Å². The van der Waals surface area contributed by atoms with Crippen LogP contribution in [0.4, 0.5) is 29.3 Å². The maximum absolute atomic E-state index is 12.3. The molecule has 1 rings (SSSR count). The second-order valence-electron chi connectivity index (χ2n) is 3.81. The van der Waals surface area contributed by atoms with Crippen LogP contribution in [0.5, 0.6) is 0 Å². The third kappa shape index (κ3) is 5.47. The molecule has 0 heterocycles. The second kappa shape index (κ2) is 6.28. The van der Waals surface area contributed by atoms with Gasteiger partial charge in [-0.05, 0) is 24.3 Å². The number of carbonyl (C=O) groups excluding carboxylic acids is 1. The van der Waals surface area contributed by atoms with Crippen molar-refractivity contribution in [2.75, 3.05) is 30.7 Å². The van der Waals surface area contributed by atoms with E-state index in [2.05, 4.69) is 5.32 Å². The van der Waals surface area contributed by atoms with Crippen molar-refractivity contribution < 1.29 is 23.1 Å². The van der Waals surface area contributed by atoms with Crippen molar-refractivity contribution in [1.82, 2.24) is 4.90 Å². The molecule has 1 aromatic carbocycles. The van der Waals surface area contributed by atoms with Crippen molar-refractivity contribution in [1.29, 1.82) is 0 Å². The molecule has 0 aliphatic rings. The first-order valence-corrected chi connectivity index (χ1v) is 5.41. The lowest BCUT2D eigenvalue weighted by molar-refractivity contribution is -0.140. The number of urea groups is 1. The maximum atomic E-state index is 12.3. The fourth-order valence-corrected chi connectivity index (χ4v) is 1.36. The summed E-state index contributed by atoms with van der Waals surface area (Å²) in [5.74, 6) is 0. The van der Waals surface area contributed by atoms with E-state index >= 15 is 0 Å². The van der Waals surface area contributed by atoms with Crippen molar-refractivity contribution >= 4 is 17.4 Å². The van der Waals surface area contributed by atoms with E-state index < -0.39 is 31.9 Å². The van der Waals surface area contributed by atoms with E-state index in [0.29, 0.717) is 16.3 Å². The summed E-state index contributed by atoms with van der Waals surface area (Å²) < 4.78 is 36.8. The van der Waals surface area contributed by atoms with Gasteiger partial charge in [-0.1, -0.05) is 0 Å². The number of aliphatic hydroxyl groups is 1. The molecule has 0 radical (unpaired) electrons. The van der Waals surface area contributed by atoms with Gasteiger partial charge in [0.15, 0.2) is 0 Å². The number of nitrogen functional groups attached to an aromatic ring is 1. The summed E-state index contributed by atoms with van der Waals surface area (Å²) in [4.78, 5) is 12.1. The molecule has 0 atom stereocenters. The Balaban J connectivity index is 2.68. The molecule has 0 aliphatic carbocycles. The molecule has 1 aromatic rings. The van der Waals surface area contributed by atoms with Gasteiger partial charge in [-0.25, -0.2) is 4.79 Å². The largest absolute Gasteiger partial charge is 0.406 e. The Labute approximate surface area is 107 Å². The summed E-state index contributed by atoms with van der Waals surface area (Å²) in [7, 11) is 0. The Morgan fingerprint density at radius 1 is 1.32 bits per heavy atom. The molecule has 106 valence electrons. The summed E-state index contributed by atoms with van der Waals surface area (Å²) in [6, 6.07) is 5.03. The topological polar surface area (TPSA) is 78.6 Å². The quantitative estimate of drug-likeness (QED) is 0.732. The van der Waals surface area contributed by atoms with E-state index in [-0.39, 0.29) is 0 Å². The Morgan fingerprint density at radius 2 is 1.89 bits per heavy atom. The number of carbonyl (C=O) groups is 1. The molecule has 19 heavy (non-hydrogen) atoms. The number of anilines is 2. The van der Waals surface area contributed by atoms with Gasteiger partial charge in [0.2, 0.25) is 0 Å². The summed E-state index contributed by atoms with van der Waals surface area (Å²) >= 11 is 0. The molecule has 4 N–H and O–H groups in total. The smallest absolute Gasteiger partial charge is 0.399 e. The van der Waals surface area contributed by atoms with Crippen LogP contribution in [0.1, 0.15) is 0 Å². The van der Waals surface area contributed by atoms with Gasteiger partial charge >= 0.3 is 12.2 Å². The normalized spacial score (nSPS) is 11.2. The van der Waals surface area contributed by atoms with E-state index in [1.807, 2.05) is 0 Å². The zero-order valence-corrected chi connectivity index (χ0v) is 9.94. The number of hydrogen-bond acceptors (Lipinski definition) is 3. The molecule has 0 spiro atoms. The van der Waals surface area contributed by atoms with Gasteiger partial charge in [-0.15, -0.1) is 0 Å². The Bertz CT molecular complexity index is 420. The van der Waals surface area contributed by atoms with E-state index in [1.165, 1.54) is 24.3 Å². The van der Waals surface area contributed by atoms with Crippen LogP contribution in [0.3, 0.4) is 0 Å². The summed E-state index contributed by atoms with van der Waals surface area (Å²) in [6.45, 7) is -2.38. The molecule has 0 aromatic heterocycles. The van der Waals surface area contributed by atoms with Gasteiger partial charge in [-0.2, -0.15) is 13.2 Å². The molecule has 0 saturated heterocycles. The SMILES string of the molecule is Nc1ccc(NC(=O)N(CCO)CC(F)(F)F)cc1. The highest BCUT2D eigenvalue weighted by Gasteiger charge is 2.32. The zero-order chi connectivity index (χ0) is 14.5. The first kappa shape index (κ1) is 15.1. The van der Waals surface area contributed by atoms with Gasteiger partial charge in [0.05, 0.1) is 6.61 Å². The van der Waals surface area contributed by atoms with Crippen molar-refractivity contribution in [3.63, 3.8) is 0 Å². The van der Waals surface area contributed by atoms with Crippen LogP contribution in [-0.2, 0) is 0 Å². The highest BCUT2D eigenvalue weighted by atomic mass is 19.4. The minimum absolute atomic E-state index is 0.323. The minimum atomic E-state index is -4.52. The number of hydrogen-bond donors (Lipinski definition) is 3. The molecule has 0 aliphatic heterocycles. The second-order valence-corrected chi connectivity index (χ2v) is 3.81. The minimum Gasteiger partial charge on any atom is -0.399 e. The lowest BCUT2D eigenvalue weighted by Crippen LogP contribution is -2.43. The number of nitrogens with zero attached hydrogens (tertiary/aromatic N) is 1. The average Bonchev–Trinajstić information content (AvgIpc) is 2.30. The standard InChI is InChI=1S/C11H14F3N3O2/c12-11(13,14)7-17(5-6-18)10(19)16-9-3-1-8(15)2-4-9/h1-4,18H,5-7,15H2,(H,16,19). The van der Waals surface area contributed by atoms with Crippen molar-refractivity contribution in [3.8, 4) is 0 Å². The fourth-order valence-electron chi connectivity index (χ4n) is 1.36.